The predicted octanol–water partition coefficient (Wildman–Crippen LogP) is 5.16. The van der Waals surface area contributed by atoms with Crippen molar-refractivity contribution in [2.75, 3.05) is 13.7 Å². The van der Waals surface area contributed by atoms with E-state index in [1.807, 2.05) is 22.8 Å². The Morgan fingerprint density at radius 1 is 1.28 bits per heavy atom. The van der Waals surface area contributed by atoms with Crippen molar-refractivity contribution in [2.45, 2.75) is 6.54 Å². The molecule has 0 aliphatic heterocycles. The fraction of sp³-hybridized carbons (Fsp3) is 0.176. The topological polar surface area (TPSA) is 43.6 Å². The molecule has 0 unspecified atom stereocenters. The van der Waals surface area contributed by atoms with Crippen LogP contribution in [0.4, 0.5) is 0 Å². The van der Waals surface area contributed by atoms with Gasteiger partial charge in [0.25, 0.3) is 5.91 Å². The number of halogens is 3. The summed E-state index contributed by atoms with van der Waals surface area (Å²) in [6.45, 7) is 1.01. The Bertz CT molecular complexity index is 996. The van der Waals surface area contributed by atoms with E-state index in [9.17, 15) is 4.79 Å². The van der Waals surface area contributed by atoms with Crippen molar-refractivity contribution < 1.29 is 9.53 Å². The van der Waals surface area contributed by atoms with Gasteiger partial charge in [-0.25, -0.2) is 0 Å². The lowest BCUT2D eigenvalue weighted by molar-refractivity contribution is 0.0997. The number of thiazole rings is 1. The highest BCUT2D eigenvalue weighted by Gasteiger charge is 2.13. The van der Waals surface area contributed by atoms with Gasteiger partial charge in [0, 0.05) is 28.7 Å². The first-order valence-corrected chi connectivity index (χ1v) is 9.68. The van der Waals surface area contributed by atoms with Crippen LogP contribution in [0.2, 0.25) is 10.0 Å². The Balaban J connectivity index is 2.15. The van der Waals surface area contributed by atoms with E-state index in [4.69, 9.17) is 27.9 Å². The fourth-order valence-electron chi connectivity index (χ4n) is 2.35. The van der Waals surface area contributed by atoms with Crippen LogP contribution >= 0.6 is 50.5 Å². The van der Waals surface area contributed by atoms with Gasteiger partial charge >= 0.3 is 0 Å². The SMILES string of the molecule is COCCn1c(=NC(=O)c2ccc(Br)cc2)sc2cc(Cl)cc(Cl)c21. The van der Waals surface area contributed by atoms with Crippen molar-refractivity contribution in [1.29, 1.82) is 0 Å². The maximum absolute atomic E-state index is 12.5. The second kappa shape index (κ2) is 8.01. The number of fused-ring (bicyclic) bond motifs is 1. The third-order valence-electron chi connectivity index (χ3n) is 3.50. The molecule has 0 atom stereocenters. The predicted molar refractivity (Wildman–Crippen MR) is 106 cm³/mol. The summed E-state index contributed by atoms with van der Waals surface area (Å²) in [6, 6.07) is 10.6. The van der Waals surface area contributed by atoms with Gasteiger partial charge in [0.15, 0.2) is 4.80 Å². The average Bonchev–Trinajstić information content (AvgIpc) is 2.90. The quantitative estimate of drug-likeness (QED) is 0.540. The minimum atomic E-state index is -0.313. The van der Waals surface area contributed by atoms with Crippen LogP contribution in [0.5, 0.6) is 0 Å². The summed E-state index contributed by atoms with van der Waals surface area (Å²) in [7, 11) is 1.62. The molecule has 3 aromatic rings. The van der Waals surface area contributed by atoms with E-state index in [1.54, 1.807) is 25.3 Å². The van der Waals surface area contributed by atoms with E-state index in [2.05, 4.69) is 20.9 Å². The van der Waals surface area contributed by atoms with Gasteiger partial charge in [-0.05, 0) is 36.4 Å². The highest BCUT2D eigenvalue weighted by molar-refractivity contribution is 9.10. The van der Waals surface area contributed by atoms with E-state index >= 15 is 0 Å². The zero-order valence-corrected chi connectivity index (χ0v) is 17.0. The molecule has 25 heavy (non-hydrogen) atoms. The highest BCUT2D eigenvalue weighted by Crippen LogP contribution is 2.29. The third-order valence-corrected chi connectivity index (χ3v) is 5.56. The molecule has 0 saturated carbocycles. The first kappa shape index (κ1) is 18.6. The van der Waals surface area contributed by atoms with Gasteiger partial charge in [-0.3, -0.25) is 4.79 Å². The molecule has 8 heteroatoms. The van der Waals surface area contributed by atoms with Gasteiger partial charge in [-0.2, -0.15) is 4.99 Å². The average molecular weight is 460 g/mol. The molecule has 0 bridgehead atoms. The molecule has 1 amide bonds. The number of nitrogens with zero attached hydrogens (tertiary/aromatic N) is 2. The van der Waals surface area contributed by atoms with Crippen LogP contribution in [0.15, 0.2) is 45.9 Å². The lowest BCUT2D eigenvalue weighted by atomic mass is 10.2. The molecule has 0 fully saturated rings. The first-order chi connectivity index (χ1) is 12.0. The Morgan fingerprint density at radius 3 is 2.68 bits per heavy atom. The number of hydrogen-bond donors (Lipinski definition) is 0. The molecule has 0 aliphatic carbocycles. The van der Waals surface area contributed by atoms with Gasteiger partial charge in [-0.1, -0.05) is 50.5 Å². The monoisotopic (exact) mass is 458 g/mol. The van der Waals surface area contributed by atoms with Crippen molar-refractivity contribution >= 4 is 66.6 Å². The molecule has 0 N–H and O–H groups in total. The van der Waals surface area contributed by atoms with Gasteiger partial charge < -0.3 is 9.30 Å². The van der Waals surface area contributed by atoms with Crippen LogP contribution in [0, 0.1) is 0 Å². The summed E-state index contributed by atoms with van der Waals surface area (Å²) in [6.07, 6.45) is 0. The lowest BCUT2D eigenvalue weighted by Gasteiger charge is -2.06. The molecule has 0 aliphatic rings. The number of amides is 1. The Morgan fingerprint density at radius 2 is 2.00 bits per heavy atom. The summed E-state index contributed by atoms with van der Waals surface area (Å²) in [5.74, 6) is -0.313. The number of benzene rings is 2. The van der Waals surface area contributed by atoms with E-state index < -0.39 is 0 Å². The van der Waals surface area contributed by atoms with Gasteiger partial charge in [0.1, 0.15) is 0 Å². The normalized spacial score (nSPS) is 12.1. The standard InChI is InChI=1S/C17H13BrCl2N2O2S/c1-24-7-6-22-15-13(20)8-12(19)9-14(15)25-17(22)21-16(23)10-2-4-11(18)5-3-10/h2-5,8-9H,6-7H2,1H3. The summed E-state index contributed by atoms with van der Waals surface area (Å²) in [5.41, 5.74) is 1.32. The molecule has 2 aromatic carbocycles. The highest BCUT2D eigenvalue weighted by atomic mass is 79.9. The second-order valence-electron chi connectivity index (χ2n) is 5.19. The summed E-state index contributed by atoms with van der Waals surface area (Å²) in [5, 5.41) is 1.07. The van der Waals surface area contributed by atoms with E-state index in [-0.39, 0.29) is 5.91 Å². The fourth-order valence-corrected chi connectivity index (χ4v) is 4.45. The second-order valence-corrected chi connectivity index (χ2v) is 7.96. The molecular weight excluding hydrogens is 447 g/mol. The van der Waals surface area contributed by atoms with Crippen molar-refractivity contribution in [2.24, 2.45) is 4.99 Å². The van der Waals surface area contributed by atoms with Crippen LogP contribution < -0.4 is 4.80 Å². The van der Waals surface area contributed by atoms with Crippen molar-refractivity contribution in [3.05, 3.63) is 61.3 Å². The van der Waals surface area contributed by atoms with Gasteiger partial charge in [0.05, 0.1) is 21.8 Å². The zero-order valence-electron chi connectivity index (χ0n) is 13.1. The largest absolute Gasteiger partial charge is 0.383 e. The summed E-state index contributed by atoms with van der Waals surface area (Å²) >= 11 is 17.2. The van der Waals surface area contributed by atoms with E-state index in [1.165, 1.54) is 11.3 Å². The minimum absolute atomic E-state index is 0.313. The van der Waals surface area contributed by atoms with E-state index in [0.717, 1.165) is 14.7 Å². The number of rotatable bonds is 4. The number of carbonyl (C=O) groups excluding carboxylic acids is 1. The van der Waals surface area contributed by atoms with Gasteiger partial charge in [-0.15, -0.1) is 0 Å². The molecule has 1 aromatic heterocycles. The van der Waals surface area contributed by atoms with Crippen LogP contribution in [0.25, 0.3) is 10.2 Å². The molecule has 0 spiro atoms. The number of hydrogen-bond acceptors (Lipinski definition) is 3. The van der Waals surface area contributed by atoms with Crippen molar-refractivity contribution in [1.82, 2.24) is 4.57 Å². The maximum atomic E-state index is 12.5. The number of ether oxygens (including phenoxy) is 1. The van der Waals surface area contributed by atoms with Crippen molar-refractivity contribution in [3.63, 3.8) is 0 Å². The molecule has 0 radical (unpaired) electrons. The Kier molecular flexibility index (Phi) is 5.96. The number of methoxy groups -OCH3 is 1. The molecular formula is C17H13BrCl2N2O2S. The molecule has 3 rings (SSSR count). The van der Waals surface area contributed by atoms with E-state index in [0.29, 0.717) is 33.6 Å². The first-order valence-electron chi connectivity index (χ1n) is 7.31. The molecule has 0 saturated heterocycles. The minimum Gasteiger partial charge on any atom is -0.383 e. The Hall–Kier alpha value is -1.18. The maximum Gasteiger partial charge on any atom is 0.279 e. The van der Waals surface area contributed by atoms with Crippen molar-refractivity contribution in [3.8, 4) is 0 Å². The summed E-state index contributed by atoms with van der Waals surface area (Å²) in [4.78, 5) is 17.4. The van der Waals surface area contributed by atoms with Crippen LogP contribution in [0.1, 0.15) is 10.4 Å². The molecule has 130 valence electrons. The van der Waals surface area contributed by atoms with Crippen LogP contribution in [-0.2, 0) is 11.3 Å². The zero-order chi connectivity index (χ0) is 18.0. The molecule has 1 heterocycles. The van der Waals surface area contributed by atoms with Gasteiger partial charge in [0.2, 0.25) is 0 Å². The smallest absolute Gasteiger partial charge is 0.279 e. The van der Waals surface area contributed by atoms with Crippen LogP contribution in [-0.4, -0.2) is 24.2 Å². The Labute approximate surface area is 166 Å². The van der Waals surface area contributed by atoms with Crippen LogP contribution in [0.3, 0.4) is 0 Å². The molecule has 4 nitrogen and oxygen atoms in total. The third kappa shape index (κ3) is 4.15. The number of carbonyl (C=O) groups is 1. The lowest BCUT2D eigenvalue weighted by Crippen LogP contribution is -2.19. The summed E-state index contributed by atoms with van der Waals surface area (Å²) < 4.78 is 8.83. The number of aromatic nitrogens is 1.